The molecule has 0 aromatic rings. The van der Waals surface area contributed by atoms with Gasteiger partial charge in [-0.05, 0) is 12.3 Å². The molecular weight excluding hydrogens is 246 g/mol. The van der Waals surface area contributed by atoms with E-state index in [0.717, 1.165) is 0 Å². The summed E-state index contributed by atoms with van der Waals surface area (Å²) in [6, 6.07) is -1.06. The predicted molar refractivity (Wildman–Crippen MR) is 63.3 cm³/mol. The number of nitrogens with one attached hydrogen (secondary N) is 1. The van der Waals surface area contributed by atoms with E-state index in [2.05, 4.69) is 5.32 Å². The summed E-state index contributed by atoms with van der Waals surface area (Å²) in [5.74, 6) is -2.96. The van der Waals surface area contributed by atoms with Crippen LogP contribution in [-0.2, 0) is 19.4 Å². The number of rotatable bonds is 7. The zero-order chi connectivity index (χ0) is 13.6. The normalized spacial score (nSPS) is 13.4. The van der Waals surface area contributed by atoms with Crippen LogP contribution in [0.3, 0.4) is 0 Å². The molecule has 0 bridgehead atoms. The van der Waals surface area contributed by atoms with Gasteiger partial charge in [0.15, 0.2) is 9.84 Å². The second-order valence-corrected chi connectivity index (χ2v) is 6.40. The van der Waals surface area contributed by atoms with Crippen molar-refractivity contribution in [1.82, 2.24) is 5.32 Å². The lowest BCUT2D eigenvalue weighted by molar-refractivity contribution is -0.142. The van der Waals surface area contributed by atoms with Gasteiger partial charge in [0.1, 0.15) is 11.8 Å². The average Bonchev–Trinajstić information content (AvgIpc) is 2.11. The number of carboxylic acids is 1. The van der Waals surface area contributed by atoms with E-state index in [4.69, 9.17) is 5.11 Å². The lowest BCUT2D eigenvalue weighted by atomic mass is 10.1. The maximum Gasteiger partial charge on any atom is 0.326 e. The van der Waals surface area contributed by atoms with Gasteiger partial charge in [0.2, 0.25) is 5.91 Å². The first-order valence-corrected chi connectivity index (χ1v) is 7.24. The van der Waals surface area contributed by atoms with Crippen molar-refractivity contribution in [3.63, 3.8) is 0 Å². The topological polar surface area (TPSA) is 101 Å². The van der Waals surface area contributed by atoms with Crippen molar-refractivity contribution in [2.75, 3.05) is 11.5 Å². The SMILES string of the molecule is CCCS(=O)(=O)CC(=O)NC(C(=O)O)C(C)C. The molecule has 1 amide bonds. The highest BCUT2D eigenvalue weighted by Gasteiger charge is 2.25. The van der Waals surface area contributed by atoms with E-state index in [1.165, 1.54) is 0 Å². The number of aliphatic carboxylic acids is 1. The molecule has 6 nitrogen and oxygen atoms in total. The molecule has 0 aliphatic carbocycles. The Balaban J connectivity index is 4.49. The van der Waals surface area contributed by atoms with Crippen LogP contribution in [0.15, 0.2) is 0 Å². The number of hydrogen-bond donors (Lipinski definition) is 2. The van der Waals surface area contributed by atoms with Crippen LogP contribution in [0.25, 0.3) is 0 Å². The number of hydrogen-bond acceptors (Lipinski definition) is 4. The van der Waals surface area contributed by atoms with E-state index in [0.29, 0.717) is 6.42 Å². The van der Waals surface area contributed by atoms with Gasteiger partial charge in [-0.2, -0.15) is 0 Å². The van der Waals surface area contributed by atoms with E-state index < -0.39 is 33.5 Å². The van der Waals surface area contributed by atoms with Crippen LogP contribution in [-0.4, -0.2) is 42.9 Å². The van der Waals surface area contributed by atoms with Gasteiger partial charge in [0.25, 0.3) is 0 Å². The van der Waals surface area contributed by atoms with E-state index in [-0.39, 0.29) is 11.7 Å². The average molecular weight is 265 g/mol. The molecule has 0 aromatic heterocycles. The maximum atomic E-state index is 11.4. The fourth-order valence-electron chi connectivity index (χ4n) is 1.31. The van der Waals surface area contributed by atoms with Crippen molar-refractivity contribution < 1.29 is 23.1 Å². The Morgan fingerprint density at radius 3 is 2.18 bits per heavy atom. The smallest absolute Gasteiger partial charge is 0.326 e. The first-order valence-electron chi connectivity index (χ1n) is 5.42. The molecule has 0 aliphatic heterocycles. The number of amides is 1. The molecule has 0 saturated heterocycles. The van der Waals surface area contributed by atoms with Gasteiger partial charge in [-0.1, -0.05) is 20.8 Å². The third-order valence-electron chi connectivity index (χ3n) is 2.12. The van der Waals surface area contributed by atoms with E-state index in [1.807, 2.05) is 0 Å². The zero-order valence-electron chi connectivity index (χ0n) is 10.3. The molecule has 0 fully saturated rings. The van der Waals surface area contributed by atoms with Crippen LogP contribution in [0.2, 0.25) is 0 Å². The van der Waals surface area contributed by atoms with E-state index >= 15 is 0 Å². The van der Waals surface area contributed by atoms with Crippen LogP contribution in [0.4, 0.5) is 0 Å². The van der Waals surface area contributed by atoms with Crippen LogP contribution < -0.4 is 5.32 Å². The van der Waals surface area contributed by atoms with E-state index in [1.54, 1.807) is 20.8 Å². The molecule has 2 N–H and O–H groups in total. The van der Waals surface area contributed by atoms with Crippen LogP contribution >= 0.6 is 0 Å². The highest BCUT2D eigenvalue weighted by atomic mass is 32.2. The summed E-state index contributed by atoms with van der Waals surface area (Å²) in [5, 5.41) is 11.0. The number of carbonyl (C=O) groups is 2. The largest absolute Gasteiger partial charge is 0.480 e. The van der Waals surface area contributed by atoms with Gasteiger partial charge in [-0.3, -0.25) is 4.79 Å². The van der Waals surface area contributed by atoms with Crippen LogP contribution in [0.1, 0.15) is 27.2 Å². The molecule has 17 heavy (non-hydrogen) atoms. The maximum absolute atomic E-state index is 11.4. The second kappa shape index (κ2) is 6.58. The Morgan fingerprint density at radius 1 is 1.29 bits per heavy atom. The summed E-state index contributed by atoms with van der Waals surface area (Å²) >= 11 is 0. The van der Waals surface area contributed by atoms with Crippen LogP contribution in [0.5, 0.6) is 0 Å². The molecule has 0 aliphatic rings. The van der Waals surface area contributed by atoms with Gasteiger partial charge in [-0.25, -0.2) is 13.2 Å². The molecule has 0 radical (unpaired) electrons. The molecule has 0 spiro atoms. The standard InChI is InChI=1S/C10H19NO5S/c1-4-5-17(15,16)6-8(12)11-9(7(2)3)10(13)14/h7,9H,4-6H2,1-3H3,(H,11,12)(H,13,14). The first kappa shape index (κ1) is 15.9. The highest BCUT2D eigenvalue weighted by molar-refractivity contribution is 7.92. The summed E-state index contributed by atoms with van der Waals surface area (Å²) in [4.78, 5) is 22.2. The molecule has 100 valence electrons. The van der Waals surface area contributed by atoms with Crippen molar-refractivity contribution >= 4 is 21.7 Å². The van der Waals surface area contributed by atoms with Gasteiger partial charge in [0, 0.05) is 0 Å². The second-order valence-electron chi connectivity index (χ2n) is 4.22. The Hall–Kier alpha value is -1.11. The summed E-state index contributed by atoms with van der Waals surface area (Å²) in [7, 11) is -3.43. The monoisotopic (exact) mass is 265 g/mol. The van der Waals surface area contributed by atoms with Crippen LogP contribution in [0, 0.1) is 5.92 Å². The lowest BCUT2D eigenvalue weighted by Gasteiger charge is -2.17. The zero-order valence-corrected chi connectivity index (χ0v) is 11.1. The van der Waals surface area contributed by atoms with E-state index in [9.17, 15) is 18.0 Å². The quantitative estimate of drug-likeness (QED) is 0.676. The lowest BCUT2D eigenvalue weighted by Crippen LogP contribution is -2.46. The summed E-state index contributed by atoms with van der Waals surface area (Å²) in [5.41, 5.74) is 0. The Morgan fingerprint density at radius 2 is 1.82 bits per heavy atom. The minimum absolute atomic E-state index is 0.0696. The third-order valence-corrected chi connectivity index (χ3v) is 3.85. The van der Waals surface area contributed by atoms with Gasteiger partial charge in [0.05, 0.1) is 5.75 Å². The van der Waals surface area contributed by atoms with Gasteiger partial charge in [-0.15, -0.1) is 0 Å². The fraction of sp³-hybridized carbons (Fsp3) is 0.800. The number of carbonyl (C=O) groups excluding carboxylic acids is 1. The van der Waals surface area contributed by atoms with Crippen molar-refractivity contribution in [3.05, 3.63) is 0 Å². The van der Waals surface area contributed by atoms with Crippen molar-refractivity contribution in [2.24, 2.45) is 5.92 Å². The molecule has 1 unspecified atom stereocenters. The molecule has 1 atom stereocenters. The molecule has 0 saturated carbocycles. The fourth-order valence-corrected chi connectivity index (χ4v) is 2.56. The molecule has 0 heterocycles. The minimum atomic E-state index is -3.43. The minimum Gasteiger partial charge on any atom is -0.480 e. The molecular formula is C10H19NO5S. The predicted octanol–water partition coefficient (Wildman–Crippen LogP) is 0.0366. The molecule has 7 heteroatoms. The van der Waals surface area contributed by atoms with Gasteiger partial charge < -0.3 is 10.4 Å². The summed E-state index contributed by atoms with van der Waals surface area (Å²) in [6.07, 6.45) is 0.433. The van der Waals surface area contributed by atoms with Crippen molar-refractivity contribution in [1.29, 1.82) is 0 Å². The molecule has 0 aromatic carbocycles. The Labute approximate surface area is 101 Å². The Bertz CT molecular complexity index is 374. The van der Waals surface area contributed by atoms with Crippen molar-refractivity contribution in [3.8, 4) is 0 Å². The highest BCUT2D eigenvalue weighted by Crippen LogP contribution is 2.02. The van der Waals surface area contributed by atoms with Gasteiger partial charge >= 0.3 is 5.97 Å². The molecule has 0 rings (SSSR count). The number of sulfone groups is 1. The third kappa shape index (κ3) is 6.25. The Kier molecular flexibility index (Phi) is 6.15. The summed E-state index contributed by atoms with van der Waals surface area (Å²) < 4.78 is 22.7. The first-order chi connectivity index (χ1) is 7.69. The number of carboxylic acid groups (broad SMARTS) is 1. The van der Waals surface area contributed by atoms with Crippen molar-refractivity contribution in [2.45, 2.75) is 33.2 Å². The summed E-state index contributed by atoms with van der Waals surface area (Å²) in [6.45, 7) is 4.98.